The fourth-order valence-corrected chi connectivity index (χ4v) is 3.11. The highest BCUT2D eigenvalue weighted by atomic mass is 35.5. The van der Waals surface area contributed by atoms with Crippen molar-refractivity contribution in [2.75, 3.05) is 19.5 Å². The van der Waals surface area contributed by atoms with Crippen LogP contribution in [0.25, 0.3) is 0 Å². The highest BCUT2D eigenvalue weighted by Gasteiger charge is 2.32. The van der Waals surface area contributed by atoms with Crippen LogP contribution in [0, 0.1) is 11.2 Å². The van der Waals surface area contributed by atoms with Gasteiger partial charge >= 0.3 is 0 Å². The molecule has 1 fully saturated rings. The van der Waals surface area contributed by atoms with Crippen molar-refractivity contribution < 1.29 is 9.13 Å². The average molecular weight is 286 g/mol. The molecule has 2 nitrogen and oxygen atoms in total. The van der Waals surface area contributed by atoms with Crippen molar-refractivity contribution in [1.82, 2.24) is 5.32 Å². The molecule has 1 aromatic carbocycles. The molecule has 4 heteroatoms. The molecule has 0 atom stereocenters. The second-order valence-corrected chi connectivity index (χ2v) is 5.67. The van der Waals surface area contributed by atoms with E-state index in [1.807, 2.05) is 0 Å². The molecule has 106 valence electrons. The number of hydrogen-bond donors (Lipinski definition) is 1. The van der Waals surface area contributed by atoms with Gasteiger partial charge < -0.3 is 10.1 Å². The number of halogens is 2. The fourth-order valence-electron chi connectivity index (χ4n) is 2.74. The predicted molar refractivity (Wildman–Crippen MR) is 76.3 cm³/mol. The van der Waals surface area contributed by atoms with Crippen LogP contribution in [0.3, 0.4) is 0 Å². The molecule has 1 saturated carbocycles. The Morgan fingerprint density at radius 3 is 2.68 bits per heavy atom. The Balaban J connectivity index is 1.88. The highest BCUT2D eigenvalue weighted by molar-refractivity contribution is 6.18. The summed E-state index contributed by atoms with van der Waals surface area (Å²) in [5, 5.41) is 3.35. The number of nitrogens with one attached hydrogen (secondary N) is 1. The summed E-state index contributed by atoms with van der Waals surface area (Å²) >= 11 is 6.09. The molecular weight excluding hydrogens is 265 g/mol. The van der Waals surface area contributed by atoms with Gasteiger partial charge in [0.15, 0.2) is 0 Å². The summed E-state index contributed by atoms with van der Waals surface area (Å²) in [6, 6.07) is 4.97. The Labute approximate surface area is 119 Å². The summed E-state index contributed by atoms with van der Waals surface area (Å²) in [4.78, 5) is 0. The molecular formula is C15H21ClFNO. The van der Waals surface area contributed by atoms with Crippen molar-refractivity contribution in [3.05, 3.63) is 29.6 Å². The zero-order valence-corrected chi connectivity index (χ0v) is 12.1. The van der Waals surface area contributed by atoms with E-state index < -0.39 is 0 Å². The quantitative estimate of drug-likeness (QED) is 0.804. The molecule has 1 aliphatic carbocycles. The van der Waals surface area contributed by atoms with Crippen LogP contribution < -0.4 is 10.1 Å². The first-order chi connectivity index (χ1) is 9.19. The van der Waals surface area contributed by atoms with Gasteiger partial charge in [0, 0.05) is 30.6 Å². The summed E-state index contributed by atoms with van der Waals surface area (Å²) in [5.74, 6) is 1.01. The maximum Gasteiger partial charge on any atom is 0.131 e. The zero-order valence-electron chi connectivity index (χ0n) is 11.3. The van der Waals surface area contributed by atoms with Crippen LogP contribution in [-0.4, -0.2) is 19.5 Å². The third-order valence-electron chi connectivity index (χ3n) is 4.02. The first-order valence-corrected chi connectivity index (χ1v) is 7.32. The molecule has 0 radical (unpaired) electrons. The number of alkyl halides is 1. The second kappa shape index (κ2) is 6.58. The summed E-state index contributed by atoms with van der Waals surface area (Å²) < 4.78 is 18.8. The number of ether oxygens (including phenoxy) is 1. The van der Waals surface area contributed by atoms with Crippen molar-refractivity contribution in [3.63, 3.8) is 0 Å². The number of benzene rings is 1. The van der Waals surface area contributed by atoms with E-state index in [4.69, 9.17) is 16.3 Å². The largest absolute Gasteiger partial charge is 0.497 e. The first kappa shape index (κ1) is 14.6. The molecule has 1 aromatic rings. The lowest BCUT2D eigenvalue weighted by Crippen LogP contribution is -2.33. The van der Waals surface area contributed by atoms with Crippen molar-refractivity contribution in [3.8, 4) is 5.75 Å². The first-order valence-electron chi connectivity index (χ1n) is 6.78. The monoisotopic (exact) mass is 285 g/mol. The maximum atomic E-state index is 13.8. The van der Waals surface area contributed by atoms with Gasteiger partial charge in [0.05, 0.1) is 7.11 Å². The standard InChI is InChI=1S/C15H21ClFNO/c1-19-13-5-4-12(14(17)8-13)9-18-11-15(10-16)6-2-3-7-15/h4-5,8,18H,2-3,6-7,9-11H2,1H3. The normalized spacial score (nSPS) is 17.6. The van der Waals surface area contributed by atoms with Crippen LogP contribution in [0.15, 0.2) is 18.2 Å². The van der Waals surface area contributed by atoms with Crippen LogP contribution in [-0.2, 0) is 6.54 Å². The molecule has 0 spiro atoms. The Bertz CT molecular complexity index is 419. The second-order valence-electron chi connectivity index (χ2n) is 5.40. The maximum absolute atomic E-state index is 13.8. The summed E-state index contributed by atoms with van der Waals surface area (Å²) in [6.45, 7) is 1.40. The molecule has 1 N–H and O–H groups in total. The van der Waals surface area contributed by atoms with E-state index in [9.17, 15) is 4.39 Å². The van der Waals surface area contributed by atoms with Gasteiger partial charge in [-0.1, -0.05) is 18.9 Å². The van der Waals surface area contributed by atoms with Gasteiger partial charge in [-0.3, -0.25) is 0 Å². The lowest BCUT2D eigenvalue weighted by Gasteiger charge is -2.26. The molecule has 0 aromatic heterocycles. The molecule has 19 heavy (non-hydrogen) atoms. The third-order valence-corrected chi connectivity index (χ3v) is 4.59. The highest BCUT2D eigenvalue weighted by Crippen LogP contribution is 2.38. The van der Waals surface area contributed by atoms with Crippen LogP contribution >= 0.6 is 11.6 Å². The van der Waals surface area contributed by atoms with E-state index in [1.54, 1.807) is 12.1 Å². The Morgan fingerprint density at radius 1 is 1.37 bits per heavy atom. The SMILES string of the molecule is COc1ccc(CNCC2(CCl)CCCC2)c(F)c1. The third kappa shape index (κ3) is 3.61. The predicted octanol–water partition coefficient (Wildman–Crippen LogP) is 3.72. The lowest BCUT2D eigenvalue weighted by molar-refractivity contribution is 0.319. The molecule has 1 aliphatic rings. The molecule has 0 bridgehead atoms. The van der Waals surface area contributed by atoms with Crippen molar-refractivity contribution in [2.24, 2.45) is 5.41 Å². The average Bonchev–Trinajstić information content (AvgIpc) is 2.90. The molecule has 2 rings (SSSR count). The summed E-state index contributed by atoms with van der Waals surface area (Å²) in [6.07, 6.45) is 4.86. The Morgan fingerprint density at radius 2 is 2.11 bits per heavy atom. The van der Waals surface area contributed by atoms with E-state index >= 15 is 0 Å². The Kier molecular flexibility index (Phi) is 5.06. The van der Waals surface area contributed by atoms with Gasteiger partial charge in [-0.25, -0.2) is 4.39 Å². The smallest absolute Gasteiger partial charge is 0.131 e. The Hall–Kier alpha value is -0.800. The minimum absolute atomic E-state index is 0.213. The number of rotatable bonds is 6. The summed E-state index contributed by atoms with van der Waals surface area (Å²) in [5.41, 5.74) is 0.883. The van der Waals surface area contributed by atoms with Crippen LogP contribution in [0.1, 0.15) is 31.2 Å². The minimum atomic E-state index is -0.224. The van der Waals surface area contributed by atoms with Gasteiger partial charge in [0.25, 0.3) is 0 Å². The summed E-state index contributed by atoms with van der Waals surface area (Å²) in [7, 11) is 1.54. The fraction of sp³-hybridized carbons (Fsp3) is 0.600. The van der Waals surface area contributed by atoms with Crippen molar-refractivity contribution in [2.45, 2.75) is 32.2 Å². The van der Waals surface area contributed by atoms with Gasteiger partial charge in [0.1, 0.15) is 11.6 Å². The molecule has 0 saturated heterocycles. The van der Waals surface area contributed by atoms with Crippen LogP contribution in [0.2, 0.25) is 0 Å². The van der Waals surface area contributed by atoms with E-state index in [2.05, 4.69) is 5.32 Å². The number of hydrogen-bond acceptors (Lipinski definition) is 2. The van der Waals surface area contributed by atoms with E-state index in [1.165, 1.54) is 38.9 Å². The number of methoxy groups -OCH3 is 1. The molecule has 0 heterocycles. The van der Waals surface area contributed by atoms with E-state index in [0.717, 1.165) is 6.54 Å². The van der Waals surface area contributed by atoms with Gasteiger partial charge in [0.2, 0.25) is 0 Å². The van der Waals surface area contributed by atoms with Crippen LogP contribution in [0.5, 0.6) is 5.75 Å². The van der Waals surface area contributed by atoms with Gasteiger partial charge in [-0.05, 0) is 24.3 Å². The van der Waals surface area contributed by atoms with Crippen molar-refractivity contribution in [1.29, 1.82) is 0 Å². The zero-order chi connectivity index (χ0) is 13.7. The molecule has 0 aliphatic heterocycles. The van der Waals surface area contributed by atoms with Crippen molar-refractivity contribution >= 4 is 11.6 Å². The molecule has 0 amide bonds. The lowest BCUT2D eigenvalue weighted by atomic mass is 9.88. The van der Waals surface area contributed by atoms with E-state index in [0.29, 0.717) is 23.7 Å². The van der Waals surface area contributed by atoms with Gasteiger partial charge in [-0.2, -0.15) is 0 Å². The van der Waals surface area contributed by atoms with Gasteiger partial charge in [-0.15, -0.1) is 11.6 Å². The minimum Gasteiger partial charge on any atom is -0.497 e. The molecule has 0 unspecified atom stereocenters. The topological polar surface area (TPSA) is 21.3 Å². The van der Waals surface area contributed by atoms with E-state index in [-0.39, 0.29) is 11.2 Å². The van der Waals surface area contributed by atoms with Crippen LogP contribution in [0.4, 0.5) is 4.39 Å².